The van der Waals surface area contributed by atoms with Gasteiger partial charge < -0.3 is 16.4 Å². The normalized spacial score (nSPS) is 15.1. The number of nitrogens with one attached hydrogen (secondary N) is 2. The number of nitrogens with zero attached hydrogens (tertiary/aromatic N) is 3. The number of nitrogen functional groups attached to an aromatic ring is 1. The molecule has 3 heterocycles. The van der Waals surface area contributed by atoms with Crippen LogP contribution in [0.15, 0.2) is 42.6 Å². The van der Waals surface area contributed by atoms with Gasteiger partial charge in [-0.3, -0.25) is 4.79 Å². The maximum atomic E-state index is 14.0. The van der Waals surface area contributed by atoms with Crippen LogP contribution in [-0.2, 0) is 10.0 Å². The second-order valence-corrected chi connectivity index (χ2v) is 11.4. The lowest BCUT2D eigenvalue weighted by atomic mass is 10.1. The minimum Gasteiger partial charge on any atom is -0.382 e. The van der Waals surface area contributed by atoms with E-state index in [9.17, 15) is 22.0 Å². The fourth-order valence-electron chi connectivity index (χ4n) is 3.91. The Balaban J connectivity index is 1.28. The van der Waals surface area contributed by atoms with Crippen molar-refractivity contribution in [2.24, 2.45) is 0 Å². The molecule has 1 fully saturated rings. The molecule has 2 aromatic heterocycles. The van der Waals surface area contributed by atoms with Crippen LogP contribution in [0.4, 0.5) is 25.5 Å². The number of ketones is 1. The van der Waals surface area contributed by atoms with Gasteiger partial charge in [-0.15, -0.1) is 0 Å². The Hall–Kier alpha value is -3.16. The lowest BCUT2D eigenvalue weighted by Crippen LogP contribution is -2.43. The van der Waals surface area contributed by atoms with Crippen LogP contribution < -0.4 is 16.4 Å². The number of anilines is 3. The van der Waals surface area contributed by atoms with E-state index < -0.39 is 33.0 Å². The largest absolute Gasteiger partial charge is 0.382 e. The number of carbonyl (C=O) groups excluding carboxylic acids is 1. The van der Waals surface area contributed by atoms with Crippen LogP contribution in [0.1, 0.15) is 34.5 Å². The Morgan fingerprint density at radius 2 is 1.86 bits per heavy atom. The number of carbonyl (C=O) groups is 1. The van der Waals surface area contributed by atoms with Crippen molar-refractivity contribution in [3.8, 4) is 0 Å². The van der Waals surface area contributed by atoms with E-state index in [2.05, 4.69) is 20.6 Å². The van der Waals surface area contributed by atoms with E-state index in [-0.39, 0.29) is 22.5 Å². The molecule has 9 nitrogen and oxygen atoms in total. The van der Waals surface area contributed by atoms with E-state index in [1.54, 1.807) is 6.20 Å². The Kier molecular flexibility index (Phi) is 8.11. The van der Waals surface area contributed by atoms with Crippen molar-refractivity contribution < 1.29 is 22.0 Å². The summed E-state index contributed by atoms with van der Waals surface area (Å²) in [7, 11) is -3.39. The summed E-state index contributed by atoms with van der Waals surface area (Å²) in [6, 6.07) is 8.59. The van der Waals surface area contributed by atoms with Crippen molar-refractivity contribution in [2.75, 3.05) is 41.8 Å². The molecule has 3 aromatic rings. The van der Waals surface area contributed by atoms with Crippen molar-refractivity contribution in [1.82, 2.24) is 14.3 Å². The summed E-state index contributed by atoms with van der Waals surface area (Å²) in [6.45, 7) is 1.19. The number of aromatic nitrogens is 2. The third-order valence-electron chi connectivity index (χ3n) is 5.77. The summed E-state index contributed by atoms with van der Waals surface area (Å²) in [6.07, 6.45) is 3.19. The molecule has 0 unspecified atom stereocenters. The van der Waals surface area contributed by atoms with Gasteiger partial charge in [-0.25, -0.2) is 31.5 Å². The number of pyridine rings is 1. The fourth-order valence-corrected chi connectivity index (χ4v) is 6.35. The van der Waals surface area contributed by atoms with Crippen LogP contribution in [0.5, 0.6) is 0 Å². The number of benzene rings is 1. The van der Waals surface area contributed by atoms with E-state index in [0.29, 0.717) is 49.8 Å². The Morgan fingerprint density at radius 1 is 1.14 bits per heavy atom. The van der Waals surface area contributed by atoms with Crippen LogP contribution in [0.2, 0.25) is 0 Å². The van der Waals surface area contributed by atoms with Gasteiger partial charge in [0.1, 0.15) is 28.1 Å². The predicted molar refractivity (Wildman–Crippen MR) is 136 cm³/mol. The Morgan fingerprint density at radius 3 is 2.53 bits per heavy atom. The minimum atomic E-state index is -3.39. The van der Waals surface area contributed by atoms with Crippen molar-refractivity contribution >= 4 is 43.9 Å². The first-order chi connectivity index (χ1) is 17.2. The number of thiazole rings is 1. The maximum Gasteiger partial charge on any atom is 0.214 e. The molecule has 0 amide bonds. The van der Waals surface area contributed by atoms with Crippen LogP contribution in [0.3, 0.4) is 0 Å². The molecular weight excluding hydrogens is 510 g/mol. The minimum absolute atomic E-state index is 0.0337. The zero-order valence-corrected chi connectivity index (χ0v) is 20.9. The number of hydrogen-bond donors (Lipinski definition) is 3. The summed E-state index contributed by atoms with van der Waals surface area (Å²) in [5.41, 5.74) is 5.18. The van der Waals surface area contributed by atoms with Crippen molar-refractivity contribution in [2.45, 2.75) is 25.3 Å². The molecule has 36 heavy (non-hydrogen) atoms. The van der Waals surface area contributed by atoms with E-state index in [1.807, 2.05) is 18.2 Å². The number of nitrogens with two attached hydrogens (primary N) is 1. The van der Waals surface area contributed by atoms with Gasteiger partial charge in [0.05, 0.1) is 11.3 Å². The lowest BCUT2D eigenvalue weighted by Gasteiger charge is -2.31. The lowest BCUT2D eigenvalue weighted by molar-refractivity contribution is 0.103. The number of sulfonamides is 1. The van der Waals surface area contributed by atoms with Crippen LogP contribution >= 0.6 is 11.3 Å². The van der Waals surface area contributed by atoms with E-state index >= 15 is 0 Å². The quantitative estimate of drug-likeness (QED) is 0.266. The molecule has 0 aliphatic carbocycles. The fraction of sp³-hybridized carbons (Fsp3) is 0.348. The van der Waals surface area contributed by atoms with E-state index in [1.165, 1.54) is 10.4 Å². The Labute approximate surface area is 211 Å². The molecule has 0 atom stereocenters. The van der Waals surface area contributed by atoms with E-state index in [4.69, 9.17) is 5.73 Å². The van der Waals surface area contributed by atoms with Gasteiger partial charge in [0.25, 0.3) is 0 Å². The average molecular weight is 537 g/mol. The second-order valence-electron chi connectivity index (χ2n) is 8.29. The monoisotopic (exact) mass is 536 g/mol. The van der Waals surface area contributed by atoms with Crippen molar-refractivity contribution in [3.63, 3.8) is 0 Å². The average Bonchev–Trinajstić information content (AvgIpc) is 3.22. The highest BCUT2D eigenvalue weighted by atomic mass is 32.2. The highest BCUT2D eigenvalue weighted by Gasteiger charge is 2.29. The van der Waals surface area contributed by atoms with Crippen molar-refractivity contribution in [3.05, 3.63) is 64.7 Å². The summed E-state index contributed by atoms with van der Waals surface area (Å²) < 4.78 is 54.9. The maximum absolute atomic E-state index is 14.0. The molecular formula is C23H26F2N6O3S2. The molecule has 0 radical (unpaired) electrons. The molecule has 1 saturated heterocycles. The highest BCUT2D eigenvalue weighted by Crippen LogP contribution is 2.30. The third-order valence-corrected chi connectivity index (χ3v) is 8.73. The molecule has 13 heteroatoms. The number of halogens is 2. The van der Waals surface area contributed by atoms with E-state index in [0.717, 1.165) is 23.5 Å². The number of hydrogen-bond acceptors (Lipinski definition) is 9. The molecule has 1 aliphatic heterocycles. The molecule has 0 bridgehead atoms. The first-order valence-electron chi connectivity index (χ1n) is 11.4. The van der Waals surface area contributed by atoms with Gasteiger partial charge in [-0.05, 0) is 43.5 Å². The van der Waals surface area contributed by atoms with Gasteiger partial charge in [0.15, 0.2) is 5.13 Å². The predicted octanol–water partition coefficient (Wildman–Crippen LogP) is 3.34. The van der Waals surface area contributed by atoms with Crippen LogP contribution in [-0.4, -0.2) is 59.9 Å². The highest BCUT2D eigenvalue weighted by molar-refractivity contribution is 7.89. The smallest absolute Gasteiger partial charge is 0.214 e. The zero-order chi connectivity index (χ0) is 25.7. The number of rotatable bonds is 10. The molecule has 4 N–H and O–H groups in total. The molecule has 0 spiro atoms. The summed E-state index contributed by atoms with van der Waals surface area (Å²) in [4.78, 5) is 20.9. The standard InChI is InChI=1S/C23H26F2N6O3S2/c24-16-5-3-6-17(25)19(16)20(32)21-22(26)30-23(35-21)29-15-8-12-31(13-9-15)36(33,34)14-4-11-28-18-7-1-2-10-27-18/h1-3,5-7,10,15H,4,8-9,11-14,26H2,(H,27,28)(H,29,30). The Bertz CT molecular complexity index is 1290. The summed E-state index contributed by atoms with van der Waals surface area (Å²) in [5.74, 6) is -2.19. The number of piperidine rings is 1. The molecule has 1 aliphatic rings. The molecule has 0 saturated carbocycles. The zero-order valence-electron chi connectivity index (χ0n) is 19.3. The van der Waals surface area contributed by atoms with Crippen molar-refractivity contribution in [1.29, 1.82) is 0 Å². The molecule has 1 aromatic carbocycles. The summed E-state index contributed by atoms with van der Waals surface area (Å²) in [5, 5.41) is 6.61. The second kappa shape index (κ2) is 11.3. The van der Waals surface area contributed by atoms with Gasteiger partial charge >= 0.3 is 0 Å². The van der Waals surface area contributed by atoms with Crippen LogP contribution in [0, 0.1) is 11.6 Å². The van der Waals surface area contributed by atoms with Gasteiger partial charge in [0, 0.05) is 31.9 Å². The van der Waals surface area contributed by atoms with Gasteiger partial charge in [-0.2, -0.15) is 0 Å². The molecule has 4 rings (SSSR count). The summed E-state index contributed by atoms with van der Waals surface area (Å²) >= 11 is 0.918. The SMILES string of the molecule is Nc1nc(NC2CCN(S(=O)(=O)CCCNc3ccccn3)CC2)sc1C(=O)c1c(F)cccc1F. The van der Waals surface area contributed by atoms with Gasteiger partial charge in [-0.1, -0.05) is 23.5 Å². The molecule has 192 valence electrons. The van der Waals surface area contributed by atoms with Gasteiger partial charge in [0.2, 0.25) is 15.8 Å². The first kappa shape index (κ1) is 25.9. The first-order valence-corrected chi connectivity index (χ1v) is 13.8. The van der Waals surface area contributed by atoms with Crippen LogP contribution in [0.25, 0.3) is 0 Å². The third kappa shape index (κ3) is 6.15. The topological polar surface area (TPSA) is 130 Å².